The van der Waals surface area contributed by atoms with Crippen LogP contribution in [0.4, 0.5) is 0 Å². The van der Waals surface area contributed by atoms with Gasteiger partial charge in [0.25, 0.3) is 0 Å². The van der Waals surface area contributed by atoms with E-state index in [4.69, 9.17) is 15.2 Å². The molecule has 0 spiro atoms. The molecule has 1 aromatic rings. The first-order valence-electron chi connectivity index (χ1n) is 6.96. The Bertz CT molecular complexity index is 413. The van der Waals surface area contributed by atoms with Gasteiger partial charge in [-0.2, -0.15) is 0 Å². The minimum Gasteiger partial charge on any atom is -0.491 e. The Hall–Kier alpha value is -1.06. The van der Waals surface area contributed by atoms with E-state index in [2.05, 4.69) is 18.2 Å². The van der Waals surface area contributed by atoms with Gasteiger partial charge in [0.1, 0.15) is 12.4 Å². The third-order valence-electron chi connectivity index (χ3n) is 3.94. The maximum absolute atomic E-state index is 6.15. The van der Waals surface area contributed by atoms with E-state index in [1.165, 1.54) is 17.5 Å². The van der Waals surface area contributed by atoms with E-state index in [0.29, 0.717) is 6.61 Å². The molecule has 18 heavy (non-hydrogen) atoms. The number of nitrogens with two attached hydrogens (primary N) is 1. The summed E-state index contributed by atoms with van der Waals surface area (Å²) < 4.78 is 11.4. The largest absolute Gasteiger partial charge is 0.491 e. The maximum Gasteiger partial charge on any atom is 0.119 e. The molecular formula is C15H21NO2. The van der Waals surface area contributed by atoms with E-state index < -0.39 is 0 Å². The van der Waals surface area contributed by atoms with Crippen LogP contribution in [-0.4, -0.2) is 19.3 Å². The number of fused-ring (bicyclic) bond motifs is 1. The molecule has 1 aliphatic heterocycles. The van der Waals surface area contributed by atoms with Gasteiger partial charge in [0.15, 0.2) is 0 Å². The van der Waals surface area contributed by atoms with E-state index >= 15 is 0 Å². The standard InChI is InChI=1S/C15H21NO2/c16-15-5-1-3-11-6-7-12(9-14(11)15)18-10-13-4-2-8-17-13/h6-7,9,13,15H,1-5,8,10,16H2. The van der Waals surface area contributed by atoms with Gasteiger partial charge in [0.2, 0.25) is 0 Å². The molecule has 1 fully saturated rings. The zero-order valence-electron chi connectivity index (χ0n) is 10.7. The first-order valence-corrected chi connectivity index (χ1v) is 6.96. The molecule has 0 saturated carbocycles. The summed E-state index contributed by atoms with van der Waals surface area (Å²) in [7, 11) is 0. The Morgan fingerprint density at radius 1 is 1.28 bits per heavy atom. The Labute approximate surface area is 108 Å². The quantitative estimate of drug-likeness (QED) is 0.893. The monoisotopic (exact) mass is 247 g/mol. The summed E-state index contributed by atoms with van der Waals surface area (Å²) >= 11 is 0. The third kappa shape index (κ3) is 2.52. The summed E-state index contributed by atoms with van der Waals surface area (Å²) in [6, 6.07) is 6.53. The molecule has 3 heteroatoms. The van der Waals surface area contributed by atoms with Crippen molar-refractivity contribution in [2.45, 2.75) is 44.2 Å². The van der Waals surface area contributed by atoms with Crippen LogP contribution in [0.15, 0.2) is 18.2 Å². The lowest BCUT2D eigenvalue weighted by atomic mass is 9.88. The van der Waals surface area contributed by atoms with E-state index in [0.717, 1.165) is 38.0 Å². The van der Waals surface area contributed by atoms with Crippen LogP contribution in [0.2, 0.25) is 0 Å². The SMILES string of the molecule is NC1CCCc2ccc(OCC3CCCO3)cc21. The second-order valence-corrected chi connectivity index (χ2v) is 5.31. The normalized spacial score (nSPS) is 26.9. The molecular weight excluding hydrogens is 226 g/mol. The molecule has 2 unspecified atom stereocenters. The Balaban J connectivity index is 1.67. The van der Waals surface area contributed by atoms with Gasteiger partial charge in [-0.3, -0.25) is 0 Å². The summed E-state index contributed by atoms with van der Waals surface area (Å²) in [5.41, 5.74) is 8.81. The van der Waals surface area contributed by atoms with Crippen LogP contribution in [-0.2, 0) is 11.2 Å². The van der Waals surface area contributed by atoms with Gasteiger partial charge in [-0.05, 0) is 55.4 Å². The molecule has 0 radical (unpaired) electrons. The van der Waals surface area contributed by atoms with Gasteiger partial charge in [-0.15, -0.1) is 0 Å². The average molecular weight is 247 g/mol. The van der Waals surface area contributed by atoms with Gasteiger partial charge in [-0.1, -0.05) is 6.07 Å². The predicted molar refractivity (Wildman–Crippen MR) is 70.8 cm³/mol. The van der Waals surface area contributed by atoms with Crippen molar-refractivity contribution in [2.24, 2.45) is 5.73 Å². The zero-order chi connectivity index (χ0) is 12.4. The van der Waals surface area contributed by atoms with Gasteiger partial charge >= 0.3 is 0 Å². The van der Waals surface area contributed by atoms with Crippen molar-refractivity contribution in [3.63, 3.8) is 0 Å². The molecule has 1 heterocycles. The summed E-state index contributed by atoms with van der Waals surface area (Å²) in [6.07, 6.45) is 5.98. The average Bonchev–Trinajstić information content (AvgIpc) is 2.90. The van der Waals surface area contributed by atoms with E-state index in [9.17, 15) is 0 Å². The van der Waals surface area contributed by atoms with Crippen molar-refractivity contribution in [3.05, 3.63) is 29.3 Å². The zero-order valence-corrected chi connectivity index (χ0v) is 10.7. The van der Waals surface area contributed by atoms with Crippen molar-refractivity contribution in [3.8, 4) is 5.75 Å². The third-order valence-corrected chi connectivity index (χ3v) is 3.94. The van der Waals surface area contributed by atoms with Crippen molar-refractivity contribution in [1.82, 2.24) is 0 Å². The van der Waals surface area contributed by atoms with Crippen molar-refractivity contribution in [2.75, 3.05) is 13.2 Å². The fraction of sp³-hybridized carbons (Fsp3) is 0.600. The van der Waals surface area contributed by atoms with Gasteiger partial charge in [0.05, 0.1) is 6.10 Å². The number of benzene rings is 1. The fourth-order valence-corrected chi connectivity index (χ4v) is 2.87. The molecule has 1 aliphatic carbocycles. The highest BCUT2D eigenvalue weighted by Gasteiger charge is 2.19. The van der Waals surface area contributed by atoms with E-state index in [1.807, 2.05) is 0 Å². The van der Waals surface area contributed by atoms with Crippen LogP contribution >= 0.6 is 0 Å². The van der Waals surface area contributed by atoms with Crippen molar-refractivity contribution < 1.29 is 9.47 Å². The second kappa shape index (κ2) is 5.29. The number of ether oxygens (including phenoxy) is 2. The number of hydrogen-bond donors (Lipinski definition) is 1. The minimum atomic E-state index is 0.181. The Kier molecular flexibility index (Phi) is 3.52. The van der Waals surface area contributed by atoms with Crippen molar-refractivity contribution >= 4 is 0 Å². The Morgan fingerprint density at radius 2 is 2.22 bits per heavy atom. The lowest BCUT2D eigenvalue weighted by Crippen LogP contribution is -2.19. The molecule has 98 valence electrons. The number of rotatable bonds is 3. The van der Waals surface area contributed by atoms with E-state index in [1.54, 1.807) is 0 Å². The highest BCUT2D eigenvalue weighted by atomic mass is 16.5. The smallest absolute Gasteiger partial charge is 0.119 e. The highest BCUT2D eigenvalue weighted by Crippen LogP contribution is 2.31. The lowest BCUT2D eigenvalue weighted by Gasteiger charge is -2.23. The topological polar surface area (TPSA) is 44.5 Å². The van der Waals surface area contributed by atoms with Crippen LogP contribution < -0.4 is 10.5 Å². The molecule has 3 rings (SSSR count). The number of aryl methyl sites for hydroxylation is 1. The van der Waals surface area contributed by atoms with Crippen molar-refractivity contribution in [1.29, 1.82) is 0 Å². The fourth-order valence-electron chi connectivity index (χ4n) is 2.87. The Morgan fingerprint density at radius 3 is 3.06 bits per heavy atom. The predicted octanol–water partition coefficient (Wildman–Crippen LogP) is 2.58. The minimum absolute atomic E-state index is 0.181. The molecule has 1 saturated heterocycles. The summed E-state index contributed by atoms with van der Waals surface area (Å²) in [5, 5.41) is 0. The van der Waals surface area contributed by atoms with Gasteiger partial charge in [0, 0.05) is 12.6 Å². The molecule has 1 aromatic carbocycles. The number of hydrogen-bond acceptors (Lipinski definition) is 3. The molecule has 2 aliphatic rings. The van der Waals surface area contributed by atoms with Crippen LogP contribution in [0, 0.1) is 0 Å². The lowest BCUT2D eigenvalue weighted by molar-refractivity contribution is 0.0679. The molecule has 2 N–H and O–H groups in total. The first kappa shape index (κ1) is 12.0. The maximum atomic E-state index is 6.15. The van der Waals surface area contributed by atoms with Gasteiger partial charge in [-0.25, -0.2) is 0 Å². The highest BCUT2D eigenvalue weighted by molar-refractivity contribution is 5.39. The van der Waals surface area contributed by atoms with Crippen LogP contribution in [0.3, 0.4) is 0 Å². The van der Waals surface area contributed by atoms with Crippen LogP contribution in [0.1, 0.15) is 42.9 Å². The summed E-state index contributed by atoms with van der Waals surface area (Å²) in [4.78, 5) is 0. The summed E-state index contributed by atoms with van der Waals surface area (Å²) in [6.45, 7) is 1.54. The molecule has 0 amide bonds. The van der Waals surface area contributed by atoms with E-state index in [-0.39, 0.29) is 12.1 Å². The first-order chi connectivity index (χ1) is 8.83. The molecule has 2 atom stereocenters. The molecule has 0 bridgehead atoms. The van der Waals surface area contributed by atoms with Gasteiger partial charge < -0.3 is 15.2 Å². The summed E-state index contributed by atoms with van der Waals surface area (Å²) in [5.74, 6) is 0.932. The second-order valence-electron chi connectivity index (χ2n) is 5.31. The van der Waals surface area contributed by atoms with Crippen LogP contribution in [0.5, 0.6) is 5.75 Å². The van der Waals surface area contributed by atoms with Crippen LogP contribution in [0.25, 0.3) is 0 Å². The molecule has 3 nitrogen and oxygen atoms in total. The molecule has 0 aromatic heterocycles.